The first-order valence-electron chi connectivity index (χ1n) is 8.10. The highest BCUT2D eigenvalue weighted by atomic mass is 32.1. The number of hydrogen-bond donors (Lipinski definition) is 3. The Bertz CT molecular complexity index is 963. The minimum absolute atomic E-state index is 0.101. The molecular weight excluding hydrogens is 366 g/mol. The van der Waals surface area contributed by atoms with Crippen LogP contribution >= 0.6 is 11.3 Å². The van der Waals surface area contributed by atoms with Gasteiger partial charge in [-0.15, -0.1) is 11.3 Å². The second-order valence-electron chi connectivity index (χ2n) is 5.64. The number of thiophene rings is 1. The zero-order valence-corrected chi connectivity index (χ0v) is 15.3. The molecule has 0 aliphatic heterocycles. The number of anilines is 2. The van der Waals surface area contributed by atoms with Crippen molar-refractivity contribution in [1.29, 1.82) is 0 Å². The molecule has 0 radical (unpaired) electrons. The maximum absolute atomic E-state index is 12.0. The summed E-state index contributed by atoms with van der Waals surface area (Å²) in [4.78, 5) is 36.1. The number of rotatable bonds is 5. The van der Waals surface area contributed by atoms with Crippen LogP contribution in [0.25, 0.3) is 10.6 Å². The number of furan rings is 1. The molecule has 0 saturated carbocycles. The van der Waals surface area contributed by atoms with Crippen molar-refractivity contribution >= 4 is 40.4 Å². The van der Waals surface area contributed by atoms with Gasteiger partial charge in [0.05, 0.1) is 11.4 Å². The molecule has 8 heteroatoms. The maximum Gasteiger partial charge on any atom is 0.313 e. The number of carbonyl (C=O) groups is 3. The van der Waals surface area contributed by atoms with Crippen molar-refractivity contribution in [2.75, 3.05) is 10.6 Å². The van der Waals surface area contributed by atoms with Gasteiger partial charge in [-0.3, -0.25) is 14.4 Å². The molecule has 27 heavy (non-hydrogen) atoms. The van der Waals surface area contributed by atoms with Crippen molar-refractivity contribution in [3.05, 3.63) is 59.7 Å². The van der Waals surface area contributed by atoms with Crippen LogP contribution in [0.1, 0.15) is 12.7 Å². The number of nitrogens with one attached hydrogen (secondary N) is 3. The average Bonchev–Trinajstić information content (AvgIpc) is 3.30. The van der Waals surface area contributed by atoms with E-state index >= 15 is 0 Å². The SMILES string of the molecule is CC(=O)Nc1cccc(NC(=O)C(=O)NCc2ccc(-c3cccs3)o2)c1. The lowest BCUT2D eigenvalue weighted by Gasteiger charge is -2.08. The quantitative estimate of drug-likeness (QED) is 0.589. The van der Waals surface area contributed by atoms with Crippen LogP contribution in [0.15, 0.2) is 58.3 Å². The van der Waals surface area contributed by atoms with Crippen molar-refractivity contribution in [1.82, 2.24) is 5.32 Å². The van der Waals surface area contributed by atoms with E-state index in [2.05, 4.69) is 16.0 Å². The summed E-state index contributed by atoms with van der Waals surface area (Å²) in [5, 5.41) is 9.56. The van der Waals surface area contributed by atoms with Crippen LogP contribution in [0, 0.1) is 0 Å². The topological polar surface area (TPSA) is 100 Å². The van der Waals surface area contributed by atoms with Crippen LogP contribution in [-0.4, -0.2) is 17.7 Å². The molecule has 0 bridgehead atoms. The van der Waals surface area contributed by atoms with Gasteiger partial charge in [-0.1, -0.05) is 12.1 Å². The molecule has 0 aliphatic rings. The second kappa shape index (κ2) is 8.33. The molecule has 2 aromatic heterocycles. The zero-order chi connectivity index (χ0) is 19.2. The molecule has 0 aliphatic carbocycles. The Labute approximate surface area is 159 Å². The Morgan fingerprint density at radius 3 is 2.44 bits per heavy atom. The molecule has 3 amide bonds. The Morgan fingerprint density at radius 2 is 1.74 bits per heavy atom. The Morgan fingerprint density at radius 1 is 0.963 bits per heavy atom. The molecule has 1 aromatic carbocycles. The summed E-state index contributed by atoms with van der Waals surface area (Å²) in [5.74, 6) is -0.550. The van der Waals surface area contributed by atoms with Crippen LogP contribution in [0.4, 0.5) is 11.4 Å². The molecule has 3 rings (SSSR count). The van der Waals surface area contributed by atoms with Gasteiger partial charge < -0.3 is 20.4 Å². The van der Waals surface area contributed by atoms with Crippen molar-refractivity contribution in [3.8, 4) is 10.6 Å². The second-order valence-corrected chi connectivity index (χ2v) is 6.59. The summed E-state index contributed by atoms with van der Waals surface area (Å²) >= 11 is 1.55. The minimum atomic E-state index is -0.806. The van der Waals surface area contributed by atoms with Gasteiger partial charge in [-0.25, -0.2) is 0 Å². The molecule has 0 atom stereocenters. The van der Waals surface area contributed by atoms with Crippen molar-refractivity contribution < 1.29 is 18.8 Å². The van der Waals surface area contributed by atoms with Gasteiger partial charge in [-0.2, -0.15) is 0 Å². The first kappa shape index (κ1) is 18.4. The smallest absolute Gasteiger partial charge is 0.313 e. The fraction of sp³-hybridized carbons (Fsp3) is 0.105. The molecule has 0 unspecified atom stereocenters. The van der Waals surface area contributed by atoms with E-state index in [0.29, 0.717) is 22.9 Å². The standard InChI is InChI=1S/C19H17N3O4S/c1-12(23)21-13-4-2-5-14(10-13)22-19(25)18(24)20-11-15-7-8-16(26-15)17-6-3-9-27-17/h2-10H,11H2,1H3,(H,20,24)(H,21,23)(H,22,25). The van der Waals surface area contributed by atoms with Crippen LogP contribution in [0.5, 0.6) is 0 Å². The van der Waals surface area contributed by atoms with Gasteiger partial charge in [0.2, 0.25) is 5.91 Å². The third-order valence-corrected chi connectivity index (χ3v) is 4.38. The average molecular weight is 383 g/mol. The highest BCUT2D eigenvalue weighted by molar-refractivity contribution is 7.13. The van der Waals surface area contributed by atoms with E-state index in [9.17, 15) is 14.4 Å². The van der Waals surface area contributed by atoms with Gasteiger partial charge in [0.25, 0.3) is 0 Å². The van der Waals surface area contributed by atoms with Gasteiger partial charge in [0.15, 0.2) is 0 Å². The fourth-order valence-electron chi connectivity index (χ4n) is 2.34. The predicted octanol–water partition coefficient (Wildman–Crippen LogP) is 3.22. The minimum Gasteiger partial charge on any atom is -0.458 e. The largest absolute Gasteiger partial charge is 0.458 e. The monoisotopic (exact) mass is 383 g/mol. The van der Waals surface area contributed by atoms with Crippen LogP contribution in [-0.2, 0) is 20.9 Å². The van der Waals surface area contributed by atoms with Gasteiger partial charge in [0.1, 0.15) is 11.5 Å². The van der Waals surface area contributed by atoms with Crippen LogP contribution in [0.2, 0.25) is 0 Å². The Hall–Kier alpha value is -3.39. The third-order valence-electron chi connectivity index (χ3n) is 3.50. The third kappa shape index (κ3) is 5.05. The zero-order valence-electron chi connectivity index (χ0n) is 14.4. The highest BCUT2D eigenvalue weighted by Crippen LogP contribution is 2.26. The molecule has 2 heterocycles. The highest BCUT2D eigenvalue weighted by Gasteiger charge is 2.15. The van der Waals surface area contributed by atoms with E-state index in [1.165, 1.54) is 6.92 Å². The van der Waals surface area contributed by atoms with Crippen molar-refractivity contribution in [2.45, 2.75) is 13.5 Å². The van der Waals surface area contributed by atoms with Crippen LogP contribution in [0.3, 0.4) is 0 Å². The fourth-order valence-corrected chi connectivity index (χ4v) is 3.02. The first-order chi connectivity index (χ1) is 13.0. The summed E-state index contributed by atoms with van der Waals surface area (Å²) in [6, 6.07) is 14.0. The molecule has 138 valence electrons. The molecule has 7 nitrogen and oxygen atoms in total. The summed E-state index contributed by atoms with van der Waals surface area (Å²) in [7, 11) is 0. The lowest BCUT2D eigenvalue weighted by atomic mass is 10.2. The van der Waals surface area contributed by atoms with Gasteiger partial charge in [0, 0.05) is 18.3 Å². The summed E-state index contributed by atoms with van der Waals surface area (Å²) in [5.41, 5.74) is 0.928. The van der Waals surface area contributed by atoms with Gasteiger partial charge >= 0.3 is 11.8 Å². The molecule has 0 spiro atoms. The number of benzene rings is 1. The van der Waals surface area contributed by atoms with Crippen molar-refractivity contribution in [2.24, 2.45) is 0 Å². The van der Waals surface area contributed by atoms with E-state index in [0.717, 1.165) is 4.88 Å². The normalized spacial score (nSPS) is 10.3. The van der Waals surface area contributed by atoms with E-state index < -0.39 is 11.8 Å². The molecule has 3 N–H and O–H groups in total. The molecule has 3 aromatic rings. The lowest BCUT2D eigenvalue weighted by molar-refractivity contribution is -0.136. The van der Waals surface area contributed by atoms with E-state index in [4.69, 9.17) is 4.42 Å². The summed E-state index contributed by atoms with van der Waals surface area (Å²) in [6.07, 6.45) is 0. The first-order valence-corrected chi connectivity index (χ1v) is 8.98. The van der Waals surface area contributed by atoms with E-state index in [-0.39, 0.29) is 12.5 Å². The molecular formula is C19H17N3O4S. The van der Waals surface area contributed by atoms with E-state index in [1.807, 2.05) is 23.6 Å². The summed E-state index contributed by atoms with van der Waals surface area (Å²) in [6.45, 7) is 1.49. The Kier molecular flexibility index (Phi) is 5.68. The number of hydrogen-bond acceptors (Lipinski definition) is 5. The van der Waals surface area contributed by atoms with E-state index in [1.54, 1.807) is 41.7 Å². The maximum atomic E-state index is 12.0. The van der Waals surface area contributed by atoms with Crippen molar-refractivity contribution in [3.63, 3.8) is 0 Å². The number of amides is 3. The van der Waals surface area contributed by atoms with Crippen LogP contribution < -0.4 is 16.0 Å². The number of carbonyl (C=O) groups excluding carboxylic acids is 3. The lowest BCUT2D eigenvalue weighted by Crippen LogP contribution is -2.34. The van der Waals surface area contributed by atoms with Gasteiger partial charge in [-0.05, 0) is 41.8 Å². The molecule has 0 fully saturated rings. The predicted molar refractivity (Wildman–Crippen MR) is 103 cm³/mol. The Balaban J connectivity index is 1.54. The molecule has 0 saturated heterocycles. The summed E-state index contributed by atoms with van der Waals surface area (Å²) < 4.78 is 5.65.